The highest BCUT2D eigenvalue weighted by Crippen LogP contribution is 2.21. The van der Waals surface area contributed by atoms with Crippen LogP contribution in [0.15, 0.2) is 36.4 Å². The average Bonchev–Trinajstić information content (AvgIpc) is 2.71. The quantitative estimate of drug-likeness (QED) is 0.600. The Morgan fingerprint density at radius 2 is 1.73 bits per heavy atom. The van der Waals surface area contributed by atoms with Gasteiger partial charge in [-0.15, -0.1) is 0 Å². The standard InChI is InChI=1S/C21H23FN4O4/c1-14-4-3-5-15(2)20(14)23-19(27)13-24-8-10-25(11-9-24)21(28)16-6-7-17(22)18(12-16)26(29)30/h3-7,12H,8-11,13H2,1-2H3,(H,23,27). The molecule has 0 unspecified atom stereocenters. The molecule has 2 amide bonds. The number of nitro benzene ring substituents is 1. The summed E-state index contributed by atoms with van der Waals surface area (Å²) in [6, 6.07) is 8.95. The summed E-state index contributed by atoms with van der Waals surface area (Å²) in [6.07, 6.45) is 0. The maximum atomic E-state index is 13.5. The highest BCUT2D eigenvalue weighted by atomic mass is 19.1. The number of carbonyl (C=O) groups is 2. The molecule has 8 nitrogen and oxygen atoms in total. The van der Waals surface area contributed by atoms with Gasteiger partial charge in [0.05, 0.1) is 11.5 Å². The number of benzene rings is 2. The smallest absolute Gasteiger partial charge is 0.305 e. The van der Waals surface area contributed by atoms with Crippen molar-refractivity contribution in [3.8, 4) is 0 Å². The van der Waals surface area contributed by atoms with Crippen molar-refractivity contribution in [2.75, 3.05) is 38.0 Å². The van der Waals surface area contributed by atoms with Crippen molar-refractivity contribution in [3.05, 3.63) is 69.0 Å². The molecule has 2 aromatic carbocycles. The highest BCUT2D eigenvalue weighted by molar-refractivity contribution is 5.95. The van der Waals surface area contributed by atoms with E-state index in [4.69, 9.17) is 0 Å². The van der Waals surface area contributed by atoms with Gasteiger partial charge in [-0.1, -0.05) is 18.2 Å². The number of carbonyl (C=O) groups excluding carboxylic acids is 2. The Morgan fingerprint density at radius 3 is 2.33 bits per heavy atom. The number of nitro groups is 1. The predicted molar refractivity (Wildman–Crippen MR) is 110 cm³/mol. The van der Waals surface area contributed by atoms with E-state index in [0.717, 1.165) is 28.9 Å². The van der Waals surface area contributed by atoms with E-state index >= 15 is 0 Å². The van der Waals surface area contributed by atoms with E-state index in [1.165, 1.54) is 6.07 Å². The molecule has 158 valence electrons. The molecule has 1 N–H and O–H groups in total. The molecule has 0 spiro atoms. The van der Waals surface area contributed by atoms with Crippen molar-refractivity contribution in [1.29, 1.82) is 0 Å². The second kappa shape index (κ2) is 9.00. The topological polar surface area (TPSA) is 95.8 Å². The van der Waals surface area contributed by atoms with E-state index in [-0.39, 0.29) is 18.0 Å². The second-order valence-electron chi connectivity index (χ2n) is 7.31. The molecule has 1 heterocycles. The number of halogens is 1. The fourth-order valence-electron chi connectivity index (χ4n) is 3.47. The highest BCUT2D eigenvalue weighted by Gasteiger charge is 2.25. The Hall–Kier alpha value is -3.33. The first-order valence-electron chi connectivity index (χ1n) is 9.58. The van der Waals surface area contributed by atoms with E-state index in [2.05, 4.69) is 5.32 Å². The summed E-state index contributed by atoms with van der Waals surface area (Å²) in [5, 5.41) is 13.8. The molecular formula is C21H23FN4O4. The third-order valence-corrected chi connectivity index (χ3v) is 5.16. The van der Waals surface area contributed by atoms with Crippen LogP contribution >= 0.6 is 0 Å². The molecule has 2 aromatic rings. The number of rotatable bonds is 5. The minimum atomic E-state index is -0.976. The van der Waals surface area contributed by atoms with Crippen molar-refractivity contribution in [2.45, 2.75) is 13.8 Å². The van der Waals surface area contributed by atoms with Crippen molar-refractivity contribution in [3.63, 3.8) is 0 Å². The van der Waals surface area contributed by atoms with Crippen LogP contribution in [0.5, 0.6) is 0 Å². The number of hydrogen-bond acceptors (Lipinski definition) is 5. The summed E-state index contributed by atoms with van der Waals surface area (Å²) in [5.41, 5.74) is 2.15. The molecule has 1 fully saturated rings. The van der Waals surface area contributed by atoms with Crippen molar-refractivity contribution < 1.29 is 18.9 Å². The SMILES string of the molecule is Cc1cccc(C)c1NC(=O)CN1CCN(C(=O)c2ccc(F)c([N+](=O)[O-])c2)CC1. The summed E-state index contributed by atoms with van der Waals surface area (Å²) in [4.78, 5) is 38.6. The van der Waals surface area contributed by atoms with E-state index in [9.17, 15) is 24.1 Å². The largest absolute Gasteiger partial charge is 0.336 e. The average molecular weight is 414 g/mol. The number of amides is 2. The maximum Gasteiger partial charge on any atom is 0.305 e. The van der Waals surface area contributed by atoms with Crippen LogP contribution in [0.4, 0.5) is 15.8 Å². The molecule has 1 aliphatic heterocycles. The molecule has 0 aliphatic carbocycles. The summed E-state index contributed by atoms with van der Waals surface area (Å²) in [6.45, 7) is 5.82. The summed E-state index contributed by atoms with van der Waals surface area (Å²) < 4.78 is 13.5. The number of anilines is 1. The lowest BCUT2D eigenvalue weighted by molar-refractivity contribution is -0.387. The molecule has 3 rings (SSSR count). The van der Waals surface area contributed by atoms with Crippen LogP contribution in [0.1, 0.15) is 21.5 Å². The lowest BCUT2D eigenvalue weighted by Gasteiger charge is -2.34. The van der Waals surface area contributed by atoms with Crippen LogP contribution in [0.3, 0.4) is 0 Å². The predicted octanol–water partition coefficient (Wildman–Crippen LogP) is 2.75. The lowest BCUT2D eigenvalue weighted by atomic mass is 10.1. The molecule has 0 atom stereocenters. The Balaban J connectivity index is 1.56. The van der Waals surface area contributed by atoms with Crippen LogP contribution in [-0.2, 0) is 4.79 Å². The van der Waals surface area contributed by atoms with Crippen LogP contribution in [-0.4, -0.2) is 59.3 Å². The fraction of sp³-hybridized carbons (Fsp3) is 0.333. The third-order valence-electron chi connectivity index (χ3n) is 5.16. The molecule has 30 heavy (non-hydrogen) atoms. The Morgan fingerprint density at radius 1 is 1.10 bits per heavy atom. The number of nitrogens with one attached hydrogen (secondary N) is 1. The van der Waals surface area contributed by atoms with Gasteiger partial charge in [0.1, 0.15) is 0 Å². The van der Waals surface area contributed by atoms with Gasteiger partial charge < -0.3 is 10.2 Å². The zero-order chi connectivity index (χ0) is 21.8. The minimum Gasteiger partial charge on any atom is -0.336 e. The Bertz CT molecular complexity index is 967. The van der Waals surface area contributed by atoms with Crippen molar-refractivity contribution >= 4 is 23.2 Å². The number of nitrogens with zero attached hydrogens (tertiary/aromatic N) is 3. The molecule has 1 saturated heterocycles. The molecule has 0 aromatic heterocycles. The van der Waals surface area contributed by atoms with Gasteiger partial charge in [-0.05, 0) is 37.1 Å². The zero-order valence-corrected chi connectivity index (χ0v) is 16.9. The number of hydrogen-bond donors (Lipinski definition) is 1. The van der Waals surface area contributed by atoms with Crippen molar-refractivity contribution in [1.82, 2.24) is 9.80 Å². The first kappa shape index (κ1) is 21.4. The molecule has 1 aliphatic rings. The fourth-order valence-corrected chi connectivity index (χ4v) is 3.47. The Labute approximate surface area is 173 Å². The zero-order valence-electron chi connectivity index (χ0n) is 16.9. The van der Waals surface area contributed by atoms with Gasteiger partial charge in [0.25, 0.3) is 5.91 Å². The number of aryl methyl sites for hydroxylation is 2. The molecule has 0 saturated carbocycles. The monoisotopic (exact) mass is 414 g/mol. The Kier molecular flexibility index (Phi) is 6.41. The van der Waals surface area contributed by atoms with Gasteiger partial charge in [0, 0.05) is 43.5 Å². The van der Waals surface area contributed by atoms with Crippen LogP contribution in [0.25, 0.3) is 0 Å². The second-order valence-corrected chi connectivity index (χ2v) is 7.31. The first-order valence-corrected chi connectivity index (χ1v) is 9.58. The first-order chi connectivity index (χ1) is 14.3. The van der Waals surface area contributed by atoms with Gasteiger partial charge in [0.15, 0.2) is 0 Å². The normalized spacial score (nSPS) is 14.4. The molecule has 9 heteroatoms. The third kappa shape index (κ3) is 4.80. The summed E-state index contributed by atoms with van der Waals surface area (Å²) in [5.74, 6) is -1.49. The molecular weight excluding hydrogens is 391 g/mol. The van der Waals surface area contributed by atoms with Crippen LogP contribution in [0.2, 0.25) is 0 Å². The van der Waals surface area contributed by atoms with E-state index in [1.807, 2.05) is 36.9 Å². The van der Waals surface area contributed by atoms with Gasteiger partial charge >= 0.3 is 5.69 Å². The van der Waals surface area contributed by atoms with Crippen LogP contribution in [0, 0.1) is 29.8 Å². The summed E-state index contributed by atoms with van der Waals surface area (Å²) in [7, 11) is 0. The number of para-hydroxylation sites is 1. The minimum absolute atomic E-state index is 0.0734. The van der Waals surface area contributed by atoms with Gasteiger partial charge in [-0.25, -0.2) is 0 Å². The molecule has 0 radical (unpaired) electrons. The van der Waals surface area contributed by atoms with E-state index < -0.39 is 22.3 Å². The van der Waals surface area contributed by atoms with Crippen LogP contribution < -0.4 is 5.32 Å². The maximum absolute atomic E-state index is 13.5. The number of piperazine rings is 1. The van der Waals surface area contributed by atoms with Gasteiger partial charge in [-0.2, -0.15) is 4.39 Å². The lowest BCUT2D eigenvalue weighted by Crippen LogP contribution is -2.50. The van der Waals surface area contributed by atoms with Gasteiger partial charge in [-0.3, -0.25) is 24.6 Å². The molecule has 0 bridgehead atoms. The van der Waals surface area contributed by atoms with E-state index in [0.29, 0.717) is 26.2 Å². The summed E-state index contributed by atoms with van der Waals surface area (Å²) >= 11 is 0. The van der Waals surface area contributed by atoms with E-state index in [1.54, 1.807) is 4.90 Å². The van der Waals surface area contributed by atoms with Crippen molar-refractivity contribution in [2.24, 2.45) is 0 Å². The van der Waals surface area contributed by atoms with Gasteiger partial charge in [0.2, 0.25) is 11.7 Å².